The number of carbonyl (C=O) groups is 1. The normalized spacial score (nSPS) is 12.6. The predicted octanol–water partition coefficient (Wildman–Crippen LogP) is 3.76. The molecule has 1 rings (SSSR count). The summed E-state index contributed by atoms with van der Waals surface area (Å²) < 4.78 is 0. The number of rotatable bonds is 5. The minimum absolute atomic E-state index is 0.129. The second-order valence-corrected chi connectivity index (χ2v) is 5.16. The van der Waals surface area contributed by atoms with Crippen LogP contribution in [0.2, 0.25) is 0 Å². The van der Waals surface area contributed by atoms with Gasteiger partial charge in [0.05, 0.1) is 0 Å². The summed E-state index contributed by atoms with van der Waals surface area (Å²) in [5, 5.41) is 0. The molecular formula is C15H23NO. The van der Waals surface area contributed by atoms with E-state index in [2.05, 4.69) is 32.7 Å². The SMILES string of the molecule is CC(=O)c1ccccc1N(C)C(C)CC(C)C. The van der Waals surface area contributed by atoms with Gasteiger partial charge in [0.15, 0.2) is 5.78 Å². The molecule has 0 fully saturated rings. The number of Topliss-reactive ketones (excluding diaryl/α,β-unsaturated/α-hetero) is 1. The third-order valence-corrected chi connectivity index (χ3v) is 3.14. The highest BCUT2D eigenvalue weighted by Crippen LogP contribution is 2.23. The molecule has 0 aromatic heterocycles. The Hall–Kier alpha value is -1.31. The summed E-state index contributed by atoms with van der Waals surface area (Å²) in [4.78, 5) is 13.8. The van der Waals surface area contributed by atoms with Crippen molar-refractivity contribution in [3.63, 3.8) is 0 Å². The predicted molar refractivity (Wildman–Crippen MR) is 73.8 cm³/mol. The maximum Gasteiger partial charge on any atom is 0.161 e. The van der Waals surface area contributed by atoms with Crippen molar-refractivity contribution in [2.45, 2.75) is 40.2 Å². The molecule has 1 unspecified atom stereocenters. The van der Waals surface area contributed by atoms with Crippen LogP contribution >= 0.6 is 0 Å². The van der Waals surface area contributed by atoms with Crippen LogP contribution in [0, 0.1) is 5.92 Å². The standard InChI is InChI=1S/C15H23NO/c1-11(2)10-12(3)16(5)15-9-7-6-8-14(15)13(4)17/h6-9,11-12H,10H2,1-5H3. The Labute approximate surface area is 105 Å². The number of nitrogens with zero attached hydrogens (tertiary/aromatic N) is 1. The van der Waals surface area contributed by atoms with E-state index in [-0.39, 0.29) is 5.78 Å². The van der Waals surface area contributed by atoms with E-state index in [0.717, 1.165) is 17.7 Å². The minimum atomic E-state index is 0.129. The van der Waals surface area contributed by atoms with Gasteiger partial charge in [-0.1, -0.05) is 26.0 Å². The average Bonchev–Trinajstić information content (AvgIpc) is 2.27. The fourth-order valence-corrected chi connectivity index (χ4v) is 2.16. The van der Waals surface area contributed by atoms with Gasteiger partial charge in [-0.2, -0.15) is 0 Å². The third kappa shape index (κ3) is 3.58. The summed E-state index contributed by atoms with van der Waals surface area (Å²) in [6, 6.07) is 8.27. The molecular weight excluding hydrogens is 210 g/mol. The van der Waals surface area contributed by atoms with Crippen LogP contribution in [0.15, 0.2) is 24.3 Å². The Morgan fingerprint density at radius 2 is 1.82 bits per heavy atom. The van der Waals surface area contributed by atoms with E-state index in [1.807, 2.05) is 24.3 Å². The molecule has 0 aliphatic carbocycles. The van der Waals surface area contributed by atoms with Crippen LogP contribution in [0.4, 0.5) is 5.69 Å². The van der Waals surface area contributed by atoms with Crippen molar-refractivity contribution >= 4 is 11.5 Å². The fourth-order valence-electron chi connectivity index (χ4n) is 2.16. The highest BCUT2D eigenvalue weighted by Gasteiger charge is 2.16. The van der Waals surface area contributed by atoms with Gasteiger partial charge in [-0.25, -0.2) is 0 Å². The molecule has 0 aliphatic rings. The number of hydrogen-bond donors (Lipinski definition) is 0. The Balaban J connectivity index is 2.95. The van der Waals surface area contributed by atoms with Gasteiger partial charge in [-0.3, -0.25) is 4.79 Å². The van der Waals surface area contributed by atoms with Crippen LogP contribution in [-0.2, 0) is 0 Å². The smallest absolute Gasteiger partial charge is 0.161 e. The molecule has 2 heteroatoms. The Morgan fingerprint density at radius 1 is 1.24 bits per heavy atom. The zero-order valence-corrected chi connectivity index (χ0v) is 11.5. The Kier molecular flexibility index (Phi) is 4.73. The first-order chi connectivity index (χ1) is 7.93. The average molecular weight is 233 g/mol. The van der Waals surface area contributed by atoms with Gasteiger partial charge >= 0.3 is 0 Å². The molecule has 0 aliphatic heterocycles. The van der Waals surface area contributed by atoms with E-state index in [9.17, 15) is 4.79 Å². The molecule has 17 heavy (non-hydrogen) atoms. The van der Waals surface area contributed by atoms with Crippen LogP contribution in [0.25, 0.3) is 0 Å². The first kappa shape index (κ1) is 13.8. The molecule has 1 atom stereocenters. The van der Waals surface area contributed by atoms with Gasteiger partial charge in [0.1, 0.15) is 0 Å². The number of carbonyl (C=O) groups excluding carboxylic acids is 1. The highest BCUT2D eigenvalue weighted by molar-refractivity contribution is 5.99. The maximum atomic E-state index is 11.6. The third-order valence-electron chi connectivity index (χ3n) is 3.14. The summed E-state index contributed by atoms with van der Waals surface area (Å²) in [7, 11) is 2.06. The zero-order chi connectivity index (χ0) is 13.0. The van der Waals surface area contributed by atoms with Gasteiger partial charge in [-0.15, -0.1) is 0 Å². The fraction of sp³-hybridized carbons (Fsp3) is 0.533. The molecule has 0 saturated heterocycles. The molecule has 0 saturated carbocycles. The lowest BCUT2D eigenvalue weighted by molar-refractivity contribution is 0.101. The zero-order valence-electron chi connectivity index (χ0n) is 11.5. The number of anilines is 1. The number of hydrogen-bond acceptors (Lipinski definition) is 2. The number of ketones is 1. The van der Waals surface area contributed by atoms with Crippen LogP contribution < -0.4 is 4.90 Å². The topological polar surface area (TPSA) is 20.3 Å². The van der Waals surface area contributed by atoms with Crippen molar-refractivity contribution < 1.29 is 4.79 Å². The van der Waals surface area contributed by atoms with Crippen molar-refractivity contribution in [2.75, 3.05) is 11.9 Å². The van der Waals surface area contributed by atoms with E-state index in [0.29, 0.717) is 12.0 Å². The van der Waals surface area contributed by atoms with Crippen molar-refractivity contribution in [3.8, 4) is 0 Å². The van der Waals surface area contributed by atoms with E-state index < -0.39 is 0 Å². The highest BCUT2D eigenvalue weighted by atomic mass is 16.1. The molecule has 0 heterocycles. The van der Waals surface area contributed by atoms with Gasteiger partial charge < -0.3 is 4.90 Å². The summed E-state index contributed by atoms with van der Waals surface area (Å²) in [5.74, 6) is 0.793. The summed E-state index contributed by atoms with van der Waals surface area (Å²) >= 11 is 0. The first-order valence-corrected chi connectivity index (χ1v) is 6.26. The molecule has 1 aromatic rings. The van der Waals surface area contributed by atoms with Gasteiger partial charge in [0, 0.05) is 24.3 Å². The van der Waals surface area contributed by atoms with E-state index in [1.165, 1.54) is 0 Å². The quantitative estimate of drug-likeness (QED) is 0.722. The molecule has 0 radical (unpaired) electrons. The monoisotopic (exact) mass is 233 g/mol. The van der Waals surface area contributed by atoms with Crippen LogP contribution in [0.1, 0.15) is 44.5 Å². The number of benzene rings is 1. The minimum Gasteiger partial charge on any atom is -0.371 e. The van der Waals surface area contributed by atoms with Crippen LogP contribution in [-0.4, -0.2) is 18.9 Å². The molecule has 94 valence electrons. The Bertz CT molecular complexity index is 384. The lowest BCUT2D eigenvalue weighted by Crippen LogP contribution is -2.31. The van der Waals surface area contributed by atoms with Crippen LogP contribution in [0.5, 0.6) is 0 Å². The molecule has 0 spiro atoms. The van der Waals surface area contributed by atoms with Crippen molar-refractivity contribution in [3.05, 3.63) is 29.8 Å². The largest absolute Gasteiger partial charge is 0.371 e. The second-order valence-electron chi connectivity index (χ2n) is 5.16. The molecule has 0 amide bonds. The number of para-hydroxylation sites is 1. The molecule has 0 N–H and O–H groups in total. The molecule has 2 nitrogen and oxygen atoms in total. The van der Waals surface area contributed by atoms with E-state index >= 15 is 0 Å². The van der Waals surface area contributed by atoms with Crippen molar-refractivity contribution in [2.24, 2.45) is 5.92 Å². The molecule has 0 bridgehead atoms. The van der Waals surface area contributed by atoms with Gasteiger partial charge in [-0.05, 0) is 38.3 Å². The molecule has 1 aromatic carbocycles. The van der Waals surface area contributed by atoms with E-state index in [1.54, 1.807) is 6.92 Å². The van der Waals surface area contributed by atoms with Gasteiger partial charge in [0.2, 0.25) is 0 Å². The summed E-state index contributed by atoms with van der Waals surface area (Å²) in [6.45, 7) is 8.28. The van der Waals surface area contributed by atoms with E-state index in [4.69, 9.17) is 0 Å². The van der Waals surface area contributed by atoms with Crippen molar-refractivity contribution in [1.82, 2.24) is 0 Å². The van der Waals surface area contributed by atoms with Crippen molar-refractivity contribution in [1.29, 1.82) is 0 Å². The maximum absolute atomic E-state index is 11.6. The first-order valence-electron chi connectivity index (χ1n) is 6.26. The van der Waals surface area contributed by atoms with Gasteiger partial charge in [0.25, 0.3) is 0 Å². The lowest BCUT2D eigenvalue weighted by Gasteiger charge is -2.29. The second kappa shape index (κ2) is 5.85. The van der Waals surface area contributed by atoms with Crippen LogP contribution in [0.3, 0.4) is 0 Å². The Morgan fingerprint density at radius 3 is 2.35 bits per heavy atom. The lowest BCUT2D eigenvalue weighted by atomic mass is 10.0. The summed E-state index contributed by atoms with van der Waals surface area (Å²) in [6.07, 6.45) is 1.13. The summed E-state index contributed by atoms with van der Waals surface area (Å²) in [5.41, 5.74) is 1.85.